The molecule has 1 atom stereocenters. The molecule has 0 spiro atoms. The Hall–Kier alpha value is -1.96. The lowest BCUT2D eigenvalue weighted by molar-refractivity contribution is -0.203. The van der Waals surface area contributed by atoms with Gasteiger partial charge in [0.05, 0.1) is 30.5 Å². The van der Waals surface area contributed by atoms with Gasteiger partial charge in [-0.25, -0.2) is 4.98 Å². The summed E-state index contributed by atoms with van der Waals surface area (Å²) < 4.78 is 7.52. The molecule has 24 heavy (non-hydrogen) atoms. The number of imidazole rings is 1. The minimum absolute atomic E-state index is 0.112. The molecule has 1 aliphatic rings. The Bertz CT molecular complexity index is 665. The Morgan fingerprint density at radius 1 is 1.33 bits per heavy atom. The average Bonchev–Trinajstić information content (AvgIpc) is 3.23. The molecule has 1 unspecified atom stereocenters. The molecule has 0 saturated heterocycles. The molecule has 0 bridgehead atoms. The second-order valence-corrected chi connectivity index (χ2v) is 6.29. The van der Waals surface area contributed by atoms with E-state index in [0.29, 0.717) is 17.4 Å². The molecule has 130 valence electrons. The van der Waals surface area contributed by atoms with Gasteiger partial charge in [0.1, 0.15) is 11.4 Å². The summed E-state index contributed by atoms with van der Waals surface area (Å²) in [6.45, 7) is 0.229. The van der Waals surface area contributed by atoms with Gasteiger partial charge in [0.2, 0.25) is 6.41 Å². The van der Waals surface area contributed by atoms with Crippen LogP contribution in [0.1, 0.15) is 31.4 Å². The Morgan fingerprint density at radius 2 is 2.08 bits per heavy atom. The predicted molar refractivity (Wildman–Crippen MR) is 88.9 cm³/mol. The van der Waals surface area contributed by atoms with E-state index in [1.54, 1.807) is 18.5 Å². The molecule has 7 nitrogen and oxygen atoms in total. The number of aromatic hydroxyl groups is 1. The van der Waals surface area contributed by atoms with Gasteiger partial charge in [0, 0.05) is 13.1 Å². The largest absolute Gasteiger partial charge is 0.506 e. The fraction of sp³-hybridized carbons (Fsp3) is 0.529. The average molecular weight is 332 g/mol. The number of aromatic nitrogens is 3. The third kappa shape index (κ3) is 3.58. The van der Waals surface area contributed by atoms with Crippen molar-refractivity contribution in [2.45, 2.75) is 44.7 Å². The van der Waals surface area contributed by atoms with Gasteiger partial charge < -0.3 is 19.5 Å². The number of aliphatic hydroxyl groups is 1. The van der Waals surface area contributed by atoms with Crippen LogP contribution in [0, 0.1) is 0 Å². The van der Waals surface area contributed by atoms with Crippen LogP contribution in [0.15, 0.2) is 24.7 Å². The smallest absolute Gasteiger partial charge is 0.216 e. The normalized spacial score (nSPS) is 16.8. The van der Waals surface area contributed by atoms with E-state index in [1.807, 2.05) is 23.6 Å². The summed E-state index contributed by atoms with van der Waals surface area (Å²) in [5, 5.41) is 19.7. The summed E-state index contributed by atoms with van der Waals surface area (Å²) in [4.78, 5) is 10.4. The van der Waals surface area contributed by atoms with Crippen LogP contribution in [0.5, 0.6) is 5.75 Å². The third-order valence-electron chi connectivity index (χ3n) is 4.67. The van der Waals surface area contributed by atoms with E-state index in [4.69, 9.17) is 4.74 Å². The number of pyridine rings is 1. The second kappa shape index (κ2) is 7.29. The summed E-state index contributed by atoms with van der Waals surface area (Å²) >= 11 is 0. The van der Waals surface area contributed by atoms with E-state index in [0.717, 1.165) is 18.5 Å². The molecule has 0 aliphatic heterocycles. The van der Waals surface area contributed by atoms with Crippen LogP contribution in [-0.4, -0.2) is 49.2 Å². The molecule has 3 rings (SSSR count). The zero-order chi connectivity index (χ0) is 17.1. The van der Waals surface area contributed by atoms with Crippen LogP contribution in [0.3, 0.4) is 0 Å². The standard InChI is InChI=1S/C17H24N4O3/c1-20-11-19-16(14-8-7-13(22)9-18-14)15(20)10-24-17(23)21(2)12-5-3-4-6-12/h7-9,11-12,17,22-23H,3-6,10H2,1-2H3. The van der Waals surface area contributed by atoms with Crippen LogP contribution in [0.2, 0.25) is 0 Å². The predicted octanol–water partition coefficient (Wildman–Crippen LogP) is 1.85. The quantitative estimate of drug-likeness (QED) is 0.786. The number of nitrogens with zero attached hydrogens (tertiary/aromatic N) is 4. The van der Waals surface area contributed by atoms with Gasteiger partial charge in [-0.05, 0) is 32.0 Å². The van der Waals surface area contributed by atoms with E-state index in [1.165, 1.54) is 19.0 Å². The van der Waals surface area contributed by atoms with Crippen molar-refractivity contribution in [1.29, 1.82) is 0 Å². The van der Waals surface area contributed by atoms with Crippen molar-refractivity contribution < 1.29 is 14.9 Å². The summed E-state index contributed by atoms with van der Waals surface area (Å²) in [5.41, 5.74) is 2.17. The van der Waals surface area contributed by atoms with Crippen molar-refractivity contribution >= 4 is 0 Å². The Balaban J connectivity index is 1.68. The van der Waals surface area contributed by atoms with Gasteiger partial charge in [-0.15, -0.1) is 0 Å². The third-order valence-corrected chi connectivity index (χ3v) is 4.67. The highest BCUT2D eigenvalue weighted by atomic mass is 16.6. The van der Waals surface area contributed by atoms with E-state index in [2.05, 4.69) is 9.97 Å². The summed E-state index contributed by atoms with van der Waals surface area (Å²) in [7, 11) is 3.77. The minimum Gasteiger partial charge on any atom is -0.506 e. The SMILES string of the molecule is CN(C1CCCC1)C(O)OCc1c(-c2ccc(O)cn2)ncn1C. The maximum Gasteiger partial charge on any atom is 0.216 e. The number of aryl methyl sites for hydroxylation is 1. The molecule has 1 fully saturated rings. The molecular weight excluding hydrogens is 308 g/mol. The van der Waals surface area contributed by atoms with Crippen LogP contribution in [0.4, 0.5) is 0 Å². The van der Waals surface area contributed by atoms with Crippen molar-refractivity contribution in [3.8, 4) is 17.1 Å². The first-order chi connectivity index (χ1) is 11.6. The summed E-state index contributed by atoms with van der Waals surface area (Å²) in [5.74, 6) is 0.112. The van der Waals surface area contributed by atoms with Gasteiger partial charge in [0.15, 0.2) is 0 Å². The van der Waals surface area contributed by atoms with Gasteiger partial charge >= 0.3 is 0 Å². The number of aliphatic hydroxyl groups excluding tert-OH is 1. The first kappa shape index (κ1) is 16.9. The zero-order valence-electron chi connectivity index (χ0n) is 14.1. The lowest BCUT2D eigenvalue weighted by atomic mass is 10.2. The van der Waals surface area contributed by atoms with Crippen molar-refractivity contribution in [2.24, 2.45) is 7.05 Å². The van der Waals surface area contributed by atoms with Gasteiger partial charge in [-0.3, -0.25) is 9.88 Å². The van der Waals surface area contributed by atoms with Crippen molar-refractivity contribution in [3.05, 3.63) is 30.4 Å². The van der Waals surface area contributed by atoms with E-state index >= 15 is 0 Å². The topological polar surface area (TPSA) is 83.6 Å². The Kier molecular flexibility index (Phi) is 5.13. The lowest BCUT2D eigenvalue weighted by Crippen LogP contribution is -2.40. The minimum atomic E-state index is -0.941. The Morgan fingerprint density at radius 3 is 2.75 bits per heavy atom. The van der Waals surface area contributed by atoms with Gasteiger partial charge in [-0.2, -0.15) is 0 Å². The molecule has 2 N–H and O–H groups in total. The highest BCUT2D eigenvalue weighted by Gasteiger charge is 2.25. The van der Waals surface area contributed by atoms with Crippen LogP contribution < -0.4 is 0 Å². The highest BCUT2D eigenvalue weighted by Crippen LogP contribution is 2.25. The van der Waals surface area contributed by atoms with Gasteiger partial charge in [-0.1, -0.05) is 12.8 Å². The van der Waals surface area contributed by atoms with Crippen LogP contribution >= 0.6 is 0 Å². The van der Waals surface area contributed by atoms with E-state index in [-0.39, 0.29) is 12.4 Å². The number of hydrogen-bond acceptors (Lipinski definition) is 6. The maximum absolute atomic E-state index is 10.3. The fourth-order valence-corrected chi connectivity index (χ4v) is 3.13. The number of ether oxygens (including phenoxy) is 1. The molecule has 0 aromatic carbocycles. The van der Waals surface area contributed by atoms with Crippen LogP contribution in [0.25, 0.3) is 11.4 Å². The second-order valence-electron chi connectivity index (χ2n) is 6.29. The summed E-state index contributed by atoms with van der Waals surface area (Å²) in [6, 6.07) is 3.66. The number of hydrogen-bond donors (Lipinski definition) is 2. The van der Waals surface area contributed by atoms with E-state index < -0.39 is 6.41 Å². The Labute approximate surface area is 141 Å². The fourth-order valence-electron chi connectivity index (χ4n) is 3.13. The van der Waals surface area contributed by atoms with Crippen LogP contribution in [-0.2, 0) is 18.4 Å². The molecule has 2 aromatic rings. The van der Waals surface area contributed by atoms with E-state index in [9.17, 15) is 10.2 Å². The monoisotopic (exact) mass is 332 g/mol. The molecule has 2 heterocycles. The molecule has 0 radical (unpaired) electrons. The highest BCUT2D eigenvalue weighted by molar-refractivity contribution is 5.57. The van der Waals surface area contributed by atoms with Gasteiger partial charge in [0.25, 0.3) is 0 Å². The molecule has 1 saturated carbocycles. The number of rotatable bonds is 6. The molecule has 2 aromatic heterocycles. The summed E-state index contributed by atoms with van der Waals surface area (Å²) in [6.07, 6.45) is 6.76. The first-order valence-corrected chi connectivity index (χ1v) is 8.23. The lowest BCUT2D eigenvalue weighted by Gasteiger charge is -2.28. The molecular formula is C17H24N4O3. The molecule has 7 heteroatoms. The first-order valence-electron chi connectivity index (χ1n) is 8.23. The molecule has 1 aliphatic carbocycles. The maximum atomic E-state index is 10.3. The van der Waals surface area contributed by atoms with Crippen molar-refractivity contribution in [3.63, 3.8) is 0 Å². The van der Waals surface area contributed by atoms with Crippen molar-refractivity contribution in [1.82, 2.24) is 19.4 Å². The molecule has 0 amide bonds. The van der Waals surface area contributed by atoms with Crippen molar-refractivity contribution in [2.75, 3.05) is 7.05 Å². The zero-order valence-corrected chi connectivity index (χ0v) is 14.1.